The van der Waals surface area contributed by atoms with Crippen molar-refractivity contribution < 1.29 is 23.1 Å². The number of likely N-dealkylation sites (N-methyl/N-ethyl adjacent to an activating group) is 1. The highest BCUT2D eigenvalue weighted by Crippen LogP contribution is 2.17. The first kappa shape index (κ1) is 20.3. The third kappa shape index (κ3) is 4.78. The topological polar surface area (TPSA) is 58.6 Å². The molecule has 144 valence electrons. The SMILES string of the molecule is CCN(C[C@@H]1CCCO1)C(=O)[C@@H](NC(=O)c1c(F)cccc1F)C(C)C. The van der Waals surface area contributed by atoms with E-state index in [0.717, 1.165) is 25.0 Å². The van der Waals surface area contributed by atoms with Crippen molar-refractivity contribution in [3.05, 3.63) is 35.4 Å². The standard InChI is InChI=1S/C19H26F2N2O3/c1-4-23(11-13-7-6-10-26-13)19(25)17(12(2)3)22-18(24)16-14(20)8-5-9-15(16)21/h5,8-9,12-13,17H,4,6-7,10-11H2,1-3H3,(H,22,24)/t13-,17-/m0/s1. The summed E-state index contributed by atoms with van der Waals surface area (Å²) in [6.07, 6.45) is 1.85. The minimum absolute atomic E-state index is 0.00794. The van der Waals surface area contributed by atoms with Crippen LogP contribution >= 0.6 is 0 Å². The van der Waals surface area contributed by atoms with E-state index in [0.29, 0.717) is 19.7 Å². The second kappa shape index (κ2) is 9.07. The van der Waals surface area contributed by atoms with Crippen LogP contribution in [0.25, 0.3) is 0 Å². The molecule has 1 aromatic carbocycles. The maximum absolute atomic E-state index is 13.8. The summed E-state index contributed by atoms with van der Waals surface area (Å²) >= 11 is 0. The molecule has 26 heavy (non-hydrogen) atoms. The molecule has 0 spiro atoms. The zero-order valence-electron chi connectivity index (χ0n) is 15.4. The Hall–Kier alpha value is -2.02. The normalized spacial score (nSPS) is 18.0. The molecule has 1 aliphatic heterocycles. The van der Waals surface area contributed by atoms with Crippen LogP contribution in [0, 0.1) is 17.6 Å². The Morgan fingerprint density at radius 3 is 2.46 bits per heavy atom. The molecule has 5 nitrogen and oxygen atoms in total. The lowest BCUT2D eigenvalue weighted by molar-refractivity contribution is -0.135. The Kier molecular flexibility index (Phi) is 7.08. The van der Waals surface area contributed by atoms with Gasteiger partial charge in [-0.1, -0.05) is 19.9 Å². The van der Waals surface area contributed by atoms with Crippen molar-refractivity contribution in [1.29, 1.82) is 0 Å². The number of benzene rings is 1. The summed E-state index contributed by atoms with van der Waals surface area (Å²) in [5.74, 6) is -3.35. The van der Waals surface area contributed by atoms with E-state index < -0.39 is 29.1 Å². The number of hydrogen-bond acceptors (Lipinski definition) is 3. The highest BCUT2D eigenvalue weighted by atomic mass is 19.1. The first-order chi connectivity index (χ1) is 12.3. The number of nitrogens with zero attached hydrogens (tertiary/aromatic N) is 1. The number of hydrogen-bond donors (Lipinski definition) is 1. The minimum atomic E-state index is -0.954. The fourth-order valence-electron chi connectivity index (χ4n) is 3.05. The van der Waals surface area contributed by atoms with Gasteiger partial charge in [0.15, 0.2) is 0 Å². The second-order valence-corrected chi connectivity index (χ2v) is 6.80. The number of carbonyl (C=O) groups excluding carboxylic acids is 2. The molecule has 0 aliphatic carbocycles. The van der Waals surface area contributed by atoms with Gasteiger partial charge in [-0.25, -0.2) is 8.78 Å². The molecule has 1 aromatic rings. The average molecular weight is 368 g/mol. The van der Waals surface area contributed by atoms with Gasteiger partial charge in [-0.15, -0.1) is 0 Å². The highest BCUT2D eigenvalue weighted by Gasteiger charge is 2.31. The molecule has 0 bridgehead atoms. The third-order valence-corrected chi connectivity index (χ3v) is 4.55. The molecule has 1 heterocycles. The predicted molar refractivity (Wildman–Crippen MR) is 93.7 cm³/mol. The molecule has 1 fully saturated rings. The molecule has 0 saturated carbocycles. The molecule has 7 heteroatoms. The van der Waals surface area contributed by atoms with E-state index in [1.54, 1.807) is 18.7 Å². The summed E-state index contributed by atoms with van der Waals surface area (Å²) in [5.41, 5.74) is -0.673. The molecule has 1 N–H and O–H groups in total. The number of amides is 2. The van der Waals surface area contributed by atoms with Crippen molar-refractivity contribution in [2.45, 2.75) is 45.8 Å². The fraction of sp³-hybridized carbons (Fsp3) is 0.579. The smallest absolute Gasteiger partial charge is 0.257 e. The molecule has 2 amide bonds. The van der Waals surface area contributed by atoms with E-state index in [-0.39, 0.29) is 17.9 Å². The summed E-state index contributed by atoms with van der Waals surface area (Å²) in [4.78, 5) is 26.9. The zero-order chi connectivity index (χ0) is 19.3. The Morgan fingerprint density at radius 2 is 1.96 bits per heavy atom. The maximum Gasteiger partial charge on any atom is 0.257 e. The lowest BCUT2D eigenvalue weighted by Crippen LogP contribution is -2.52. The predicted octanol–water partition coefficient (Wildman–Crippen LogP) is 2.75. The summed E-state index contributed by atoms with van der Waals surface area (Å²) in [6.45, 7) is 7.01. The monoisotopic (exact) mass is 368 g/mol. The van der Waals surface area contributed by atoms with Gasteiger partial charge in [0.2, 0.25) is 5.91 Å². The summed E-state index contributed by atoms with van der Waals surface area (Å²) < 4.78 is 33.2. The van der Waals surface area contributed by atoms with Crippen LogP contribution < -0.4 is 5.32 Å². The third-order valence-electron chi connectivity index (χ3n) is 4.55. The summed E-state index contributed by atoms with van der Waals surface area (Å²) in [5, 5.41) is 2.50. The number of ether oxygens (including phenoxy) is 1. The molecule has 2 atom stereocenters. The molecule has 0 radical (unpaired) electrons. The lowest BCUT2D eigenvalue weighted by atomic mass is 10.0. The van der Waals surface area contributed by atoms with Crippen molar-refractivity contribution >= 4 is 11.8 Å². The van der Waals surface area contributed by atoms with Gasteiger partial charge in [0.25, 0.3) is 5.91 Å². The summed E-state index contributed by atoms with van der Waals surface area (Å²) in [6, 6.07) is 2.34. The van der Waals surface area contributed by atoms with E-state index in [9.17, 15) is 18.4 Å². The van der Waals surface area contributed by atoms with Gasteiger partial charge in [0, 0.05) is 19.7 Å². The van der Waals surface area contributed by atoms with Crippen LogP contribution in [0.4, 0.5) is 8.78 Å². The Morgan fingerprint density at radius 1 is 1.31 bits per heavy atom. The van der Waals surface area contributed by atoms with Crippen LogP contribution in [0.3, 0.4) is 0 Å². The molecule has 1 aliphatic rings. The molecule has 0 aromatic heterocycles. The number of nitrogens with one attached hydrogen (secondary N) is 1. The first-order valence-corrected chi connectivity index (χ1v) is 9.00. The molecular weight excluding hydrogens is 342 g/mol. The van der Waals surface area contributed by atoms with E-state index >= 15 is 0 Å². The van der Waals surface area contributed by atoms with Crippen LogP contribution in [0.2, 0.25) is 0 Å². The van der Waals surface area contributed by atoms with Crippen molar-refractivity contribution in [2.24, 2.45) is 5.92 Å². The lowest BCUT2D eigenvalue weighted by Gasteiger charge is -2.30. The van der Waals surface area contributed by atoms with Crippen LogP contribution in [0.5, 0.6) is 0 Å². The van der Waals surface area contributed by atoms with Gasteiger partial charge in [0.1, 0.15) is 23.2 Å². The van der Waals surface area contributed by atoms with Crippen LogP contribution in [-0.4, -0.2) is 48.6 Å². The highest BCUT2D eigenvalue weighted by molar-refractivity contribution is 5.98. The van der Waals surface area contributed by atoms with Gasteiger partial charge in [-0.05, 0) is 37.8 Å². The van der Waals surface area contributed by atoms with Crippen molar-refractivity contribution in [3.63, 3.8) is 0 Å². The Balaban J connectivity index is 2.13. The average Bonchev–Trinajstić information content (AvgIpc) is 3.09. The van der Waals surface area contributed by atoms with Gasteiger partial charge < -0.3 is 15.0 Å². The summed E-state index contributed by atoms with van der Waals surface area (Å²) in [7, 11) is 0. The molecule has 2 rings (SSSR count). The van der Waals surface area contributed by atoms with Gasteiger partial charge >= 0.3 is 0 Å². The van der Waals surface area contributed by atoms with Crippen molar-refractivity contribution in [1.82, 2.24) is 10.2 Å². The van der Waals surface area contributed by atoms with Crippen molar-refractivity contribution in [3.8, 4) is 0 Å². The van der Waals surface area contributed by atoms with Gasteiger partial charge in [0.05, 0.1) is 6.10 Å². The van der Waals surface area contributed by atoms with E-state index in [1.807, 2.05) is 6.92 Å². The van der Waals surface area contributed by atoms with E-state index in [2.05, 4.69) is 5.32 Å². The zero-order valence-corrected chi connectivity index (χ0v) is 15.4. The number of rotatable bonds is 7. The molecular formula is C19H26F2N2O3. The Bertz CT molecular complexity index is 625. The second-order valence-electron chi connectivity index (χ2n) is 6.80. The van der Waals surface area contributed by atoms with Gasteiger partial charge in [-0.2, -0.15) is 0 Å². The van der Waals surface area contributed by atoms with Crippen LogP contribution in [-0.2, 0) is 9.53 Å². The molecule has 0 unspecified atom stereocenters. The number of carbonyl (C=O) groups is 2. The first-order valence-electron chi connectivity index (χ1n) is 9.00. The van der Waals surface area contributed by atoms with E-state index in [4.69, 9.17) is 4.74 Å². The van der Waals surface area contributed by atoms with Crippen LogP contribution in [0.1, 0.15) is 44.0 Å². The molecule has 1 saturated heterocycles. The number of halogens is 2. The fourth-order valence-corrected chi connectivity index (χ4v) is 3.05. The van der Waals surface area contributed by atoms with Crippen molar-refractivity contribution in [2.75, 3.05) is 19.7 Å². The van der Waals surface area contributed by atoms with E-state index in [1.165, 1.54) is 6.07 Å². The minimum Gasteiger partial charge on any atom is -0.376 e. The maximum atomic E-state index is 13.8. The quantitative estimate of drug-likeness (QED) is 0.805. The van der Waals surface area contributed by atoms with Gasteiger partial charge in [-0.3, -0.25) is 9.59 Å². The van der Waals surface area contributed by atoms with Crippen LogP contribution in [0.15, 0.2) is 18.2 Å². The largest absolute Gasteiger partial charge is 0.376 e. The Labute approximate surface area is 152 Å².